The van der Waals surface area contributed by atoms with Gasteiger partial charge in [-0.2, -0.15) is 0 Å². The highest BCUT2D eigenvalue weighted by atomic mass is 19.1. The maximum Gasteiger partial charge on any atom is 0.224 e. The van der Waals surface area contributed by atoms with Crippen LogP contribution in [0, 0.1) is 5.82 Å². The van der Waals surface area contributed by atoms with E-state index in [1.165, 1.54) is 6.07 Å². The monoisotopic (exact) mass is 294 g/mol. The number of carbonyl (C=O) groups is 1. The number of carbonyl (C=O) groups excluding carboxylic acids is 1. The molecule has 0 radical (unpaired) electrons. The predicted octanol–water partition coefficient (Wildman–Crippen LogP) is 1.20. The Labute approximate surface area is 122 Å². The lowest BCUT2D eigenvalue weighted by molar-refractivity contribution is -0.116. The van der Waals surface area contributed by atoms with Crippen LogP contribution in [0.15, 0.2) is 12.1 Å². The van der Waals surface area contributed by atoms with Crippen LogP contribution in [0.4, 0.5) is 10.1 Å². The van der Waals surface area contributed by atoms with Crippen LogP contribution in [0.5, 0.6) is 5.75 Å². The van der Waals surface area contributed by atoms with Crippen molar-refractivity contribution in [3.63, 3.8) is 0 Å². The summed E-state index contributed by atoms with van der Waals surface area (Å²) in [4.78, 5) is 11.4. The fourth-order valence-electron chi connectivity index (χ4n) is 2.81. The molecule has 1 fully saturated rings. The molecule has 0 unspecified atom stereocenters. The van der Waals surface area contributed by atoms with Gasteiger partial charge >= 0.3 is 0 Å². The Kier molecular flexibility index (Phi) is 3.82. The van der Waals surface area contributed by atoms with Crippen LogP contribution >= 0.6 is 0 Å². The van der Waals surface area contributed by atoms with Gasteiger partial charge in [0.15, 0.2) is 0 Å². The second-order valence-corrected chi connectivity index (χ2v) is 5.71. The maximum atomic E-state index is 13.8. The van der Waals surface area contributed by atoms with Gasteiger partial charge in [0.2, 0.25) is 5.91 Å². The summed E-state index contributed by atoms with van der Waals surface area (Å²) in [6.07, 6.45) is 2.04. The number of ether oxygens (including phenoxy) is 1. The standard InChI is InChI=1S/C15H19FN2O3/c16-11-2-3-12(10-1-4-13(19)18-14(10)11)21-9-15(20)5-7-17-8-6-15/h2-3,17,20H,1,4-9H2,(H,18,19). The summed E-state index contributed by atoms with van der Waals surface area (Å²) in [7, 11) is 0. The first kappa shape index (κ1) is 14.3. The Morgan fingerprint density at radius 2 is 2.05 bits per heavy atom. The number of fused-ring (bicyclic) bond motifs is 1. The molecular formula is C15H19FN2O3. The van der Waals surface area contributed by atoms with Gasteiger partial charge in [0.1, 0.15) is 23.8 Å². The topological polar surface area (TPSA) is 70.6 Å². The van der Waals surface area contributed by atoms with E-state index in [1.807, 2.05) is 0 Å². The first-order valence-corrected chi connectivity index (χ1v) is 7.25. The number of benzene rings is 1. The van der Waals surface area contributed by atoms with Gasteiger partial charge < -0.3 is 20.5 Å². The Morgan fingerprint density at radius 1 is 1.29 bits per heavy atom. The number of amides is 1. The van der Waals surface area contributed by atoms with Crippen molar-refractivity contribution in [3.8, 4) is 5.75 Å². The molecule has 0 spiro atoms. The second kappa shape index (κ2) is 5.61. The molecule has 21 heavy (non-hydrogen) atoms. The summed E-state index contributed by atoms with van der Waals surface area (Å²) >= 11 is 0. The summed E-state index contributed by atoms with van der Waals surface area (Å²) in [5.41, 5.74) is 0.0398. The van der Waals surface area contributed by atoms with E-state index in [9.17, 15) is 14.3 Å². The molecule has 2 heterocycles. The Hall–Kier alpha value is -1.66. The van der Waals surface area contributed by atoms with E-state index in [-0.39, 0.29) is 18.2 Å². The van der Waals surface area contributed by atoms with E-state index < -0.39 is 11.4 Å². The van der Waals surface area contributed by atoms with Crippen LogP contribution in [0.25, 0.3) is 0 Å². The molecule has 3 rings (SSSR count). The number of anilines is 1. The van der Waals surface area contributed by atoms with Gasteiger partial charge in [0.25, 0.3) is 0 Å². The van der Waals surface area contributed by atoms with Gasteiger partial charge in [-0.3, -0.25) is 4.79 Å². The van der Waals surface area contributed by atoms with Crippen LogP contribution < -0.4 is 15.4 Å². The van der Waals surface area contributed by atoms with Crippen molar-refractivity contribution in [2.24, 2.45) is 0 Å². The molecule has 5 nitrogen and oxygen atoms in total. The lowest BCUT2D eigenvalue weighted by atomic mass is 9.93. The van der Waals surface area contributed by atoms with Gasteiger partial charge in [0.05, 0.1) is 5.69 Å². The molecule has 0 saturated carbocycles. The van der Waals surface area contributed by atoms with Crippen LogP contribution in [0.3, 0.4) is 0 Å². The first-order chi connectivity index (χ1) is 10.1. The molecule has 0 bridgehead atoms. The van der Waals surface area contributed by atoms with Gasteiger partial charge in [-0.05, 0) is 44.5 Å². The normalized spacial score (nSPS) is 20.6. The zero-order chi connectivity index (χ0) is 14.9. The van der Waals surface area contributed by atoms with E-state index in [0.29, 0.717) is 37.0 Å². The van der Waals surface area contributed by atoms with Crippen molar-refractivity contribution >= 4 is 11.6 Å². The minimum Gasteiger partial charge on any atom is -0.490 e. The number of hydrogen-bond acceptors (Lipinski definition) is 4. The molecule has 0 aliphatic carbocycles. The Morgan fingerprint density at radius 3 is 2.81 bits per heavy atom. The number of nitrogens with one attached hydrogen (secondary N) is 2. The minimum absolute atomic E-state index is 0.181. The molecule has 1 aromatic carbocycles. The molecule has 1 saturated heterocycles. The smallest absolute Gasteiger partial charge is 0.224 e. The fourth-order valence-corrected chi connectivity index (χ4v) is 2.81. The van der Waals surface area contributed by atoms with E-state index in [2.05, 4.69) is 10.6 Å². The van der Waals surface area contributed by atoms with Crippen molar-refractivity contribution in [2.75, 3.05) is 25.0 Å². The number of halogens is 1. The number of piperidine rings is 1. The largest absolute Gasteiger partial charge is 0.490 e. The molecule has 2 aliphatic heterocycles. The Balaban J connectivity index is 1.77. The van der Waals surface area contributed by atoms with Crippen molar-refractivity contribution in [1.82, 2.24) is 5.32 Å². The molecule has 114 valence electrons. The van der Waals surface area contributed by atoms with Gasteiger partial charge in [-0.25, -0.2) is 4.39 Å². The molecule has 0 aromatic heterocycles. The average Bonchev–Trinajstić information content (AvgIpc) is 2.48. The van der Waals surface area contributed by atoms with E-state index in [1.54, 1.807) is 6.07 Å². The van der Waals surface area contributed by atoms with E-state index >= 15 is 0 Å². The number of rotatable bonds is 3. The number of hydrogen-bond donors (Lipinski definition) is 3. The SMILES string of the molecule is O=C1CCc2c(OCC3(O)CCNCC3)ccc(F)c2N1. The predicted molar refractivity (Wildman–Crippen MR) is 75.9 cm³/mol. The first-order valence-electron chi connectivity index (χ1n) is 7.25. The summed E-state index contributed by atoms with van der Waals surface area (Å²) in [5, 5.41) is 16.2. The fraction of sp³-hybridized carbons (Fsp3) is 0.533. The van der Waals surface area contributed by atoms with Crippen molar-refractivity contribution < 1.29 is 19.0 Å². The van der Waals surface area contributed by atoms with Crippen LogP contribution in [-0.4, -0.2) is 36.3 Å². The van der Waals surface area contributed by atoms with Crippen molar-refractivity contribution in [1.29, 1.82) is 0 Å². The molecule has 6 heteroatoms. The summed E-state index contributed by atoms with van der Waals surface area (Å²) < 4.78 is 19.5. The summed E-state index contributed by atoms with van der Waals surface area (Å²) in [5.74, 6) is -0.0973. The minimum atomic E-state index is -0.843. The third kappa shape index (κ3) is 3.01. The molecular weight excluding hydrogens is 275 g/mol. The number of aliphatic hydroxyl groups is 1. The maximum absolute atomic E-state index is 13.8. The molecule has 0 atom stereocenters. The molecule has 3 N–H and O–H groups in total. The zero-order valence-corrected chi connectivity index (χ0v) is 11.7. The van der Waals surface area contributed by atoms with Crippen molar-refractivity contribution in [3.05, 3.63) is 23.5 Å². The van der Waals surface area contributed by atoms with Crippen LogP contribution in [-0.2, 0) is 11.2 Å². The zero-order valence-electron chi connectivity index (χ0n) is 11.7. The second-order valence-electron chi connectivity index (χ2n) is 5.71. The van der Waals surface area contributed by atoms with Gasteiger partial charge in [-0.1, -0.05) is 0 Å². The highest BCUT2D eigenvalue weighted by Crippen LogP contribution is 2.34. The van der Waals surface area contributed by atoms with Crippen LogP contribution in [0.2, 0.25) is 0 Å². The third-order valence-corrected chi connectivity index (χ3v) is 4.12. The molecule has 1 amide bonds. The lowest BCUT2D eigenvalue weighted by Gasteiger charge is -2.32. The lowest BCUT2D eigenvalue weighted by Crippen LogP contribution is -2.46. The highest BCUT2D eigenvalue weighted by Gasteiger charge is 2.31. The van der Waals surface area contributed by atoms with E-state index in [4.69, 9.17) is 4.74 Å². The average molecular weight is 294 g/mol. The third-order valence-electron chi connectivity index (χ3n) is 4.12. The van der Waals surface area contributed by atoms with Crippen LogP contribution in [0.1, 0.15) is 24.8 Å². The Bertz CT molecular complexity index is 556. The summed E-state index contributed by atoms with van der Waals surface area (Å²) in [6, 6.07) is 2.85. The quantitative estimate of drug-likeness (QED) is 0.783. The van der Waals surface area contributed by atoms with Gasteiger partial charge in [0, 0.05) is 12.0 Å². The summed E-state index contributed by atoms with van der Waals surface area (Å²) in [6.45, 7) is 1.70. The van der Waals surface area contributed by atoms with E-state index in [0.717, 1.165) is 13.1 Å². The highest BCUT2D eigenvalue weighted by molar-refractivity contribution is 5.94. The molecule has 1 aromatic rings. The molecule has 2 aliphatic rings. The van der Waals surface area contributed by atoms with Gasteiger partial charge in [-0.15, -0.1) is 0 Å². The van der Waals surface area contributed by atoms with Crippen molar-refractivity contribution in [2.45, 2.75) is 31.3 Å².